The van der Waals surface area contributed by atoms with E-state index in [1.807, 2.05) is 6.20 Å². The second kappa shape index (κ2) is 6.20. The van der Waals surface area contributed by atoms with Crippen LogP contribution in [0.4, 0.5) is 0 Å². The molecule has 3 nitrogen and oxygen atoms in total. The summed E-state index contributed by atoms with van der Waals surface area (Å²) in [7, 11) is 0. The fourth-order valence-electron chi connectivity index (χ4n) is 2.86. The van der Waals surface area contributed by atoms with E-state index in [2.05, 4.69) is 34.9 Å². The van der Waals surface area contributed by atoms with Crippen LogP contribution in [0.5, 0.6) is 0 Å². The number of aryl methyl sites for hydroxylation is 1. The molecule has 1 aromatic rings. The standard InChI is InChI=1S/C14H25N3/c1-3-17-9-8-16-14(17)11-15-10-13-7-5-4-6-12(13)2/h8-9,12-13,15H,3-7,10-11H2,1-2H3. The van der Waals surface area contributed by atoms with Crippen LogP contribution >= 0.6 is 0 Å². The Hall–Kier alpha value is -0.830. The summed E-state index contributed by atoms with van der Waals surface area (Å²) in [6, 6.07) is 0. The van der Waals surface area contributed by atoms with Crippen LogP contribution in [0, 0.1) is 11.8 Å². The molecule has 1 saturated carbocycles. The first-order chi connectivity index (χ1) is 8.31. The molecule has 0 aromatic carbocycles. The van der Waals surface area contributed by atoms with Crippen LogP contribution in [0.1, 0.15) is 45.4 Å². The first kappa shape index (κ1) is 12.6. The monoisotopic (exact) mass is 235 g/mol. The molecule has 17 heavy (non-hydrogen) atoms. The van der Waals surface area contributed by atoms with Gasteiger partial charge in [-0.05, 0) is 31.7 Å². The third kappa shape index (κ3) is 3.32. The molecule has 2 atom stereocenters. The van der Waals surface area contributed by atoms with E-state index in [1.165, 1.54) is 25.7 Å². The van der Waals surface area contributed by atoms with Gasteiger partial charge in [-0.25, -0.2) is 4.98 Å². The van der Waals surface area contributed by atoms with Gasteiger partial charge in [0.2, 0.25) is 0 Å². The highest BCUT2D eigenvalue weighted by Crippen LogP contribution is 2.28. The number of hydrogen-bond donors (Lipinski definition) is 1. The molecule has 1 fully saturated rings. The van der Waals surface area contributed by atoms with Gasteiger partial charge in [0.15, 0.2) is 0 Å². The summed E-state index contributed by atoms with van der Waals surface area (Å²) >= 11 is 0. The van der Waals surface area contributed by atoms with Crippen molar-refractivity contribution in [2.45, 2.75) is 52.6 Å². The fraction of sp³-hybridized carbons (Fsp3) is 0.786. The molecule has 1 N–H and O–H groups in total. The third-order valence-electron chi connectivity index (χ3n) is 4.12. The minimum absolute atomic E-state index is 0.869. The topological polar surface area (TPSA) is 29.9 Å². The van der Waals surface area contributed by atoms with Crippen molar-refractivity contribution in [2.75, 3.05) is 6.54 Å². The molecule has 2 unspecified atom stereocenters. The Kier molecular flexibility index (Phi) is 4.60. The molecule has 0 bridgehead atoms. The lowest BCUT2D eigenvalue weighted by Crippen LogP contribution is -2.29. The van der Waals surface area contributed by atoms with Gasteiger partial charge in [0.05, 0.1) is 6.54 Å². The van der Waals surface area contributed by atoms with E-state index in [0.29, 0.717) is 0 Å². The molecule has 3 heteroatoms. The predicted molar refractivity (Wildman–Crippen MR) is 70.7 cm³/mol. The Morgan fingerprint density at radius 1 is 1.41 bits per heavy atom. The lowest BCUT2D eigenvalue weighted by Gasteiger charge is -2.28. The Bertz CT molecular complexity index is 332. The van der Waals surface area contributed by atoms with Crippen molar-refractivity contribution in [3.8, 4) is 0 Å². The van der Waals surface area contributed by atoms with E-state index in [-0.39, 0.29) is 0 Å². The number of nitrogens with zero attached hydrogens (tertiary/aromatic N) is 2. The largest absolute Gasteiger partial charge is 0.334 e. The van der Waals surface area contributed by atoms with E-state index < -0.39 is 0 Å². The molecule has 0 radical (unpaired) electrons. The van der Waals surface area contributed by atoms with Crippen molar-refractivity contribution < 1.29 is 0 Å². The van der Waals surface area contributed by atoms with Crippen LogP contribution in [0.25, 0.3) is 0 Å². The maximum absolute atomic E-state index is 4.39. The molecule has 2 rings (SSSR count). The molecular weight excluding hydrogens is 210 g/mol. The minimum Gasteiger partial charge on any atom is -0.334 e. The van der Waals surface area contributed by atoms with E-state index in [1.54, 1.807) is 0 Å². The summed E-state index contributed by atoms with van der Waals surface area (Å²) < 4.78 is 2.21. The van der Waals surface area contributed by atoms with Gasteiger partial charge in [-0.1, -0.05) is 26.2 Å². The number of aromatic nitrogens is 2. The molecule has 0 spiro atoms. The average molecular weight is 235 g/mol. The summed E-state index contributed by atoms with van der Waals surface area (Å²) in [5, 5.41) is 3.58. The minimum atomic E-state index is 0.869. The van der Waals surface area contributed by atoms with Crippen molar-refractivity contribution >= 4 is 0 Å². The zero-order valence-electron chi connectivity index (χ0n) is 11.2. The molecule has 0 aliphatic heterocycles. The molecule has 1 aromatic heterocycles. The van der Waals surface area contributed by atoms with Gasteiger partial charge in [-0.2, -0.15) is 0 Å². The van der Waals surface area contributed by atoms with Gasteiger partial charge in [0.25, 0.3) is 0 Å². The highest BCUT2D eigenvalue weighted by atomic mass is 15.1. The summed E-state index contributed by atoms with van der Waals surface area (Å²) in [4.78, 5) is 4.39. The van der Waals surface area contributed by atoms with Crippen LogP contribution in [0.2, 0.25) is 0 Å². The fourth-order valence-corrected chi connectivity index (χ4v) is 2.86. The number of rotatable bonds is 5. The molecule has 1 aliphatic carbocycles. The van der Waals surface area contributed by atoms with Gasteiger partial charge in [-0.15, -0.1) is 0 Å². The second-order valence-electron chi connectivity index (χ2n) is 5.28. The van der Waals surface area contributed by atoms with Crippen LogP contribution in [-0.4, -0.2) is 16.1 Å². The van der Waals surface area contributed by atoms with Crippen molar-refractivity contribution in [2.24, 2.45) is 11.8 Å². The number of nitrogens with one attached hydrogen (secondary N) is 1. The highest BCUT2D eigenvalue weighted by Gasteiger charge is 2.20. The maximum atomic E-state index is 4.39. The van der Waals surface area contributed by atoms with E-state index >= 15 is 0 Å². The summed E-state index contributed by atoms with van der Waals surface area (Å²) in [5.41, 5.74) is 0. The third-order valence-corrected chi connectivity index (χ3v) is 4.12. The van der Waals surface area contributed by atoms with E-state index in [0.717, 1.165) is 37.3 Å². The van der Waals surface area contributed by atoms with Crippen LogP contribution in [-0.2, 0) is 13.1 Å². The van der Waals surface area contributed by atoms with Crippen LogP contribution < -0.4 is 5.32 Å². The van der Waals surface area contributed by atoms with Gasteiger partial charge >= 0.3 is 0 Å². The summed E-state index contributed by atoms with van der Waals surface area (Å²) in [6.45, 7) is 7.63. The van der Waals surface area contributed by atoms with Crippen molar-refractivity contribution in [1.29, 1.82) is 0 Å². The summed E-state index contributed by atoms with van der Waals surface area (Å²) in [6.07, 6.45) is 9.61. The zero-order chi connectivity index (χ0) is 12.1. The lowest BCUT2D eigenvalue weighted by molar-refractivity contribution is 0.247. The van der Waals surface area contributed by atoms with Gasteiger partial charge in [0, 0.05) is 18.9 Å². The number of hydrogen-bond acceptors (Lipinski definition) is 2. The second-order valence-corrected chi connectivity index (χ2v) is 5.28. The molecule has 0 amide bonds. The molecular formula is C14H25N3. The highest BCUT2D eigenvalue weighted by molar-refractivity contribution is 4.91. The Morgan fingerprint density at radius 3 is 3.00 bits per heavy atom. The first-order valence-electron chi connectivity index (χ1n) is 7.02. The summed E-state index contributed by atoms with van der Waals surface area (Å²) in [5.74, 6) is 2.92. The average Bonchev–Trinajstić information content (AvgIpc) is 2.79. The quantitative estimate of drug-likeness (QED) is 0.850. The van der Waals surface area contributed by atoms with Gasteiger partial charge in [-0.3, -0.25) is 0 Å². The normalized spacial score (nSPS) is 25.1. The van der Waals surface area contributed by atoms with Crippen molar-refractivity contribution in [3.63, 3.8) is 0 Å². The van der Waals surface area contributed by atoms with Crippen LogP contribution in [0.15, 0.2) is 12.4 Å². The SMILES string of the molecule is CCn1ccnc1CNCC1CCCCC1C. The van der Waals surface area contributed by atoms with E-state index in [4.69, 9.17) is 0 Å². The zero-order valence-corrected chi connectivity index (χ0v) is 11.2. The Morgan fingerprint density at radius 2 is 2.24 bits per heavy atom. The van der Waals surface area contributed by atoms with Crippen LogP contribution in [0.3, 0.4) is 0 Å². The molecule has 0 saturated heterocycles. The van der Waals surface area contributed by atoms with E-state index in [9.17, 15) is 0 Å². The molecule has 1 aliphatic rings. The predicted octanol–water partition coefficient (Wildman–Crippen LogP) is 2.82. The maximum Gasteiger partial charge on any atom is 0.122 e. The number of imidazole rings is 1. The lowest BCUT2D eigenvalue weighted by atomic mass is 9.80. The molecule has 1 heterocycles. The van der Waals surface area contributed by atoms with Gasteiger partial charge in [0.1, 0.15) is 5.82 Å². The van der Waals surface area contributed by atoms with Crippen molar-refractivity contribution in [1.82, 2.24) is 14.9 Å². The Balaban J connectivity index is 1.75. The van der Waals surface area contributed by atoms with Crippen molar-refractivity contribution in [3.05, 3.63) is 18.2 Å². The smallest absolute Gasteiger partial charge is 0.122 e. The molecule has 96 valence electrons. The first-order valence-corrected chi connectivity index (χ1v) is 7.02. The Labute approximate surface area is 105 Å². The van der Waals surface area contributed by atoms with Gasteiger partial charge < -0.3 is 9.88 Å².